The van der Waals surface area contributed by atoms with Crippen molar-refractivity contribution in [1.82, 2.24) is 0 Å². The van der Waals surface area contributed by atoms with Gasteiger partial charge in [-0.2, -0.15) is 0 Å². The van der Waals surface area contributed by atoms with Crippen molar-refractivity contribution in [2.45, 2.75) is 80.6 Å². The molecule has 0 aliphatic carbocycles. The molecule has 110 valence electrons. The van der Waals surface area contributed by atoms with E-state index < -0.39 is 0 Å². The lowest BCUT2D eigenvalue weighted by molar-refractivity contribution is 0.307. The van der Waals surface area contributed by atoms with E-state index in [1.807, 2.05) is 0 Å². The minimum atomic E-state index is 0.685. The fourth-order valence-corrected chi connectivity index (χ4v) is 1.81. The van der Waals surface area contributed by atoms with Crippen LogP contribution in [0.1, 0.15) is 80.6 Å². The molecule has 0 rings (SSSR count). The third-order valence-corrected chi connectivity index (χ3v) is 3.65. The van der Waals surface area contributed by atoms with E-state index in [-0.39, 0.29) is 0 Å². The first-order valence-electron chi connectivity index (χ1n) is 8.01. The third kappa shape index (κ3) is 13.8. The van der Waals surface area contributed by atoms with E-state index in [1.165, 1.54) is 32.1 Å². The molecule has 0 saturated heterocycles. The summed E-state index contributed by atoms with van der Waals surface area (Å²) >= 11 is 0. The molecule has 3 atom stereocenters. The van der Waals surface area contributed by atoms with Crippen LogP contribution in [0.4, 0.5) is 0 Å². The van der Waals surface area contributed by atoms with Gasteiger partial charge in [-0.25, -0.2) is 0 Å². The zero-order chi connectivity index (χ0) is 14.6. The average Bonchev–Trinajstić information content (AvgIpc) is 2.33. The summed E-state index contributed by atoms with van der Waals surface area (Å²) in [6.45, 7) is 19.8. The zero-order valence-electron chi connectivity index (χ0n) is 14.1. The highest BCUT2D eigenvalue weighted by Gasteiger charge is 2.13. The summed E-state index contributed by atoms with van der Waals surface area (Å²) in [6.07, 6.45) is 8.75. The summed E-state index contributed by atoms with van der Waals surface area (Å²) in [5.74, 6) is 3.28. The van der Waals surface area contributed by atoms with Gasteiger partial charge in [0, 0.05) is 0 Å². The molecule has 18 heavy (non-hydrogen) atoms. The van der Waals surface area contributed by atoms with Crippen molar-refractivity contribution in [3.63, 3.8) is 0 Å². The molecule has 0 radical (unpaired) electrons. The Morgan fingerprint density at radius 1 is 0.778 bits per heavy atom. The molecule has 0 saturated carbocycles. The maximum Gasteiger partial charge on any atom is -0.0265 e. The molecule has 0 heteroatoms. The molecule has 0 heterocycles. The number of allylic oxidation sites excluding steroid dienone is 1. The molecular formula is C18H38. The topological polar surface area (TPSA) is 0 Å². The van der Waals surface area contributed by atoms with Crippen LogP contribution in [0.15, 0.2) is 12.7 Å². The molecule has 3 unspecified atom stereocenters. The predicted molar refractivity (Wildman–Crippen MR) is 87.0 cm³/mol. The van der Waals surface area contributed by atoms with Crippen LogP contribution in [-0.4, -0.2) is 0 Å². The smallest absolute Gasteiger partial charge is 0.0265 e. The molecule has 0 aromatic rings. The van der Waals surface area contributed by atoms with Crippen molar-refractivity contribution in [3.8, 4) is 0 Å². The van der Waals surface area contributed by atoms with E-state index in [1.54, 1.807) is 0 Å². The zero-order valence-corrected chi connectivity index (χ0v) is 14.1. The first kappa shape index (κ1) is 20.1. The Labute approximate surface area is 117 Å². The van der Waals surface area contributed by atoms with Crippen LogP contribution in [0.2, 0.25) is 0 Å². The maximum absolute atomic E-state index is 3.84. The fourth-order valence-electron chi connectivity index (χ4n) is 1.81. The first-order valence-corrected chi connectivity index (χ1v) is 8.01. The summed E-state index contributed by atoms with van der Waals surface area (Å²) < 4.78 is 0. The SMILES string of the molecule is C=CC(C)CCC(C)C(C)CCC(C)C.CCC. The lowest BCUT2D eigenvalue weighted by atomic mass is 9.85. The Kier molecular flexibility index (Phi) is 14.7. The molecule has 0 aliphatic rings. The highest BCUT2D eigenvalue weighted by molar-refractivity contribution is 4.76. The van der Waals surface area contributed by atoms with E-state index in [0.717, 1.165) is 17.8 Å². The number of hydrogen-bond acceptors (Lipinski definition) is 0. The van der Waals surface area contributed by atoms with E-state index in [0.29, 0.717) is 5.92 Å². The van der Waals surface area contributed by atoms with Gasteiger partial charge in [-0.1, -0.05) is 73.8 Å². The second kappa shape index (κ2) is 13.2. The summed E-state index contributed by atoms with van der Waals surface area (Å²) in [5, 5.41) is 0. The minimum Gasteiger partial charge on any atom is -0.103 e. The molecule has 0 nitrogen and oxygen atoms in total. The van der Waals surface area contributed by atoms with Crippen LogP contribution < -0.4 is 0 Å². The van der Waals surface area contributed by atoms with Crippen LogP contribution in [0.3, 0.4) is 0 Å². The van der Waals surface area contributed by atoms with Gasteiger partial charge in [0.15, 0.2) is 0 Å². The lowest BCUT2D eigenvalue weighted by Gasteiger charge is -2.21. The first-order chi connectivity index (χ1) is 8.38. The van der Waals surface area contributed by atoms with Crippen LogP contribution in [0.5, 0.6) is 0 Å². The Morgan fingerprint density at radius 2 is 1.17 bits per heavy atom. The second-order valence-electron chi connectivity index (χ2n) is 6.42. The Hall–Kier alpha value is -0.260. The van der Waals surface area contributed by atoms with Gasteiger partial charge in [0.2, 0.25) is 0 Å². The molecule has 0 bridgehead atoms. The van der Waals surface area contributed by atoms with Gasteiger partial charge in [-0.15, -0.1) is 6.58 Å². The molecule has 0 aromatic carbocycles. The number of hydrogen-bond donors (Lipinski definition) is 0. The summed E-state index contributed by atoms with van der Waals surface area (Å²) in [7, 11) is 0. The van der Waals surface area contributed by atoms with Crippen molar-refractivity contribution in [1.29, 1.82) is 0 Å². The average molecular weight is 255 g/mol. The van der Waals surface area contributed by atoms with Gasteiger partial charge in [0.05, 0.1) is 0 Å². The monoisotopic (exact) mass is 254 g/mol. The molecule has 0 fully saturated rings. The number of rotatable bonds is 8. The van der Waals surface area contributed by atoms with Crippen molar-refractivity contribution < 1.29 is 0 Å². The molecule has 0 spiro atoms. The molecule has 0 amide bonds. The van der Waals surface area contributed by atoms with Gasteiger partial charge >= 0.3 is 0 Å². The normalized spacial score (nSPS) is 15.6. The van der Waals surface area contributed by atoms with Gasteiger partial charge in [0.1, 0.15) is 0 Å². The molecule has 0 N–H and O–H groups in total. The molecule has 0 aliphatic heterocycles. The molecule has 0 aromatic heterocycles. The summed E-state index contributed by atoms with van der Waals surface area (Å²) in [4.78, 5) is 0. The third-order valence-electron chi connectivity index (χ3n) is 3.65. The summed E-state index contributed by atoms with van der Waals surface area (Å²) in [5.41, 5.74) is 0. The van der Waals surface area contributed by atoms with E-state index in [4.69, 9.17) is 0 Å². The van der Waals surface area contributed by atoms with Crippen LogP contribution in [-0.2, 0) is 0 Å². The lowest BCUT2D eigenvalue weighted by Crippen LogP contribution is -2.10. The highest BCUT2D eigenvalue weighted by atomic mass is 14.2. The van der Waals surface area contributed by atoms with Crippen molar-refractivity contribution in [2.75, 3.05) is 0 Å². The van der Waals surface area contributed by atoms with E-state index >= 15 is 0 Å². The van der Waals surface area contributed by atoms with Crippen LogP contribution >= 0.6 is 0 Å². The second-order valence-corrected chi connectivity index (χ2v) is 6.42. The van der Waals surface area contributed by atoms with E-state index in [2.05, 4.69) is 61.1 Å². The Bertz CT molecular complexity index is 169. The predicted octanol–water partition coefficient (Wildman–Crippen LogP) is 6.71. The van der Waals surface area contributed by atoms with Gasteiger partial charge in [-0.05, 0) is 36.5 Å². The van der Waals surface area contributed by atoms with Crippen LogP contribution in [0, 0.1) is 23.7 Å². The van der Waals surface area contributed by atoms with Crippen molar-refractivity contribution >= 4 is 0 Å². The summed E-state index contributed by atoms with van der Waals surface area (Å²) in [6, 6.07) is 0. The Balaban J connectivity index is 0. The minimum absolute atomic E-state index is 0.685. The van der Waals surface area contributed by atoms with Crippen molar-refractivity contribution in [3.05, 3.63) is 12.7 Å². The van der Waals surface area contributed by atoms with E-state index in [9.17, 15) is 0 Å². The largest absolute Gasteiger partial charge is 0.103 e. The Morgan fingerprint density at radius 3 is 1.50 bits per heavy atom. The maximum atomic E-state index is 3.84. The highest BCUT2D eigenvalue weighted by Crippen LogP contribution is 2.25. The molecular weight excluding hydrogens is 216 g/mol. The van der Waals surface area contributed by atoms with Crippen molar-refractivity contribution in [2.24, 2.45) is 23.7 Å². The van der Waals surface area contributed by atoms with Gasteiger partial charge < -0.3 is 0 Å². The fraction of sp³-hybridized carbons (Fsp3) is 0.889. The van der Waals surface area contributed by atoms with Gasteiger partial charge in [0.25, 0.3) is 0 Å². The van der Waals surface area contributed by atoms with Gasteiger partial charge in [-0.3, -0.25) is 0 Å². The quantitative estimate of drug-likeness (QED) is 0.422. The van der Waals surface area contributed by atoms with Crippen LogP contribution in [0.25, 0.3) is 0 Å². The standard InChI is InChI=1S/C15H30.C3H8/c1-7-13(4)9-11-15(6)14(5)10-8-12(2)3;1-3-2/h7,12-15H,1,8-11H2,2-6H3;3H2,1-2H3.